The number of nitrogens with zero attached hydrogens (tertiary/aromatic N) is 6. The average molecular weight is 337 g/mol. The Balaban J connectivity index is 1.80. The van der Waals surface area contributed by atoms with Crippen LogP contribution in [-0.2, 0) is 0 Å². The molecule has 4 aromatic rings. The van der Waals surface area contributed by atoms with E-state index in [0.717, 1.165) is 28.5 Å². The topological polar surface area (TPSA) is 72.9 Å². The summed E-state index contributed by atoms with van der Waals surface area (Å²) in [4.78, 5) is 8.54. The number of para-hydroxylation sites is 1. The number of nitrogens with one attached hydrogen (secondary N) is 1. The van der Waals surface area contributed by atoms with E-state index in [2.05, 4.69) is 25.5 Å². The summed E-state index contributed by atoms with van der Waals surface area (Å²) in [6.45, 7) is 5.76. The predicted octanol–water partition coefficient (Wildman–Crippen LogP) is 3.12. The van der Waals surface area contributed by atoms with Crippen LogP contribution in [-0.4, -0.2) is 29.4 Å². The van der Waals surface area contributed by atoms with Crippen molar-refractivity contribution in [3.05, 3.63) is 59.6 Å². The van der Waals surface area contributed by atoms with E-state index in [9.17, 15) is 4.39 Å². The van der Waals surface area contributed by atoms with Crippen molar-refractivity contribution in [3.63, 3.8) is 0 Å². The molecule has 0 fully saturated rings. The number of rotatable bonds is 3. The molecule has 0 amide bonds. The lowest BCUT2D eigenvalue weighted by atomic mass is 10.2. The van der Waals surface area contributed by atoms with Gasteiger partial charge in [0.1, 0.15) is 23.6 Å². The number of aromatic nitrogens is 6. The molecule has 0 spiro atoms. The molecule has 0 aliphatic heterocycles. The lowest BCUT2D eigenvalue weighted by Gasteiger charge is -2.12. The van der Waals surface area contributed by atoms with E-state index in [4.69, 9.17) is 0 Å². The highest BCUT2D eigenvalue weighted by Gasteiger charge is 2.15. The summed E-state index contributed by atoms with van der Waals surface area (Å²) in [7, 11) is 0. The second-order valence-electron chi connectivity index (χ2n) is 5.77. The monoisotopic (exact) mass is 337 g/mol. The van der Waals surface area contributed by atoms with Gasteiger partial charge in [0.05, 0.1) is 17.6 Å². The molecule has 4 rings (SSSR count). The summed E-state index contributed by atoms with van der Waals surface area (Å²) in [5.41, 5.74) is 3.76. The normalized spacial score (nSPS) is 11.2. The average Bonchev–Trinajstić information content (AvgIpc) is 3.19. The van der Waals surface area contributed by atoms with Crippen LogP contribution in [0.2, 0.25) is 0 Å². The maximum Gasteiger partial charge on any atom is 0.254 e. The number of benzene rings is 1. The molecule has 0 saturated heterocycles. The Morgan fingerprint density at radius 3 is 2.68 bits per heavy atom. The van der Waals surface area contributed by atoms with Crippen LogP contribution < -0.4 is 5.32 Å². The minimum Gasteiger partial charge on any atom is -0.337 e. The van der Waals surface area contributed by atoms with Crippen LogP contribution in [0.5, 0.6) is 0 Å². The van der Waals surface area contributed by atoms with E-state index in [0.29, 0.717) is 11.5 Å². The largest absolute Gasteiger partial charge is 0.337 e. The zero-order valence-electron chi connectivity index (χ0n) is 14.0. The van der Waals surface area contributed by atoms with Crippen molar-refractivity contribution in [1.82, 2.24) is 29.4 Å². The molecule has 3 heterocycles. The molecule has 8 heteroatoms. The van der Waals surface area contributed by atoms with Gasteiger partial charge in [0.15, 0.2) is 0 Å². The molecule has 0 aliphatic carbocycles. The zero-order valence-corrected chi connectivity index (χ0v) is 14.0. The molecule has 7 nitrogen and oxygen atoms in total. The van der Waals surface area contributed by atoms with Gasteiger partial charge in [0.25, 0.3) is 5.78 Å². The third-order valence-electron chi connectivity index (χ3n) is 4.25. The number of hydrogen-bond acceptors (Lipinski definition) is 5. The van der Waals surface area contributed by atoms with E-state index in [1.54, 1.807) is 33.6 Å². The molecule has 0 unspecified atom stereocenters. The molecule has 1 N–H and O–H groups in total. The van der Waals surface area contributed by atoms with Gasteiger partial charge in [-0.1, -0.05) is 12.1 Å². The number of fused-ring (bicyclic) bond motifs is 1. The minimum atomic E-state index is -0.324. The van der Waals surface area contributed by atoms with Crippen LogP contribution in [0, 0.1) is 26.6 Å². The first-order valence-electron chi connectivity index (χ1n) is 7.79. The SMILES string of the molecule is Cc1nc2ncnn2c(Nc2cnn(-c3ccccc3F)c2C)c1C. The highest BCUT2D eigenvalue weighted by molar-refractivity contribution is 5.64. The smallest absolute Gasteiger partial charge is 0.254 e. The van der Waals surface area contributed by atoms with Crippen molar-refractivity contribution in [3.8, 4) is 5.69 Å². The predicted molar refractivity (Wildman–Crippen MR) is 91.8 cm³/mol. The maximum absolute atomic E-state index is 14.1. The van der Waals surface area contributed by atoms with Crippen LogP contribution >= 0.6 is 0 Å². The van der Waals surface area contributed by atoms with Gasteiger partial charge in [-0.2, -0.15) is 19.7 Å². The van der Waals surface area contributed by atoms with Gasteiger partial charge in [0.2, 0.25) is 0 Å². The molecule has 0 bridgehead atoms. The minimum absolute atomic E-state index is 0.324. The molecule has 0 radical (unpaired) electrons. The van der Waals surface area contributed by atoms with Gasteiger partial charge in [0, 0.05) is 11.3 Å². The van der Waals surface area contributed by atoms with Crippen molar-refractivity contribution in [1.29, 1.82) is 0 Å². The molecule has 25 heavy (non-hydrogen) atoms. The summed E-state index contributed by atoms with van der Waals surface area (Å²) in [6.07, 6.45) is 3.13. The first-order chi connectivity index (χ1) is 12.1. The maximum atomic E-state index is 14.1. The van der Waals surface area contributed by atoms with Crippen molar-refractivity contribution < 1.29 is 4.39 Å². The van der Waals surface area contributed by atoms with Crippen molar-refractivity contribution in [2.24, 2.45) is 0 Å². The summed E-state index contributed by atoms with van der Waals surface area (Å²) in [6, 6.07) is 6.54. The summed E-state index contributed by atoms with van der Waals surface area (Å²) >= 11 is 0. The number of aryl methyl sites for hydroxylation is 1. The first kappa shape index (κ1) is 15.3. The summed E-state index contributed by atoms with van der Waals surface area (Å²) < 4.78 is 17.3. The molecule has 0 aliphatic rings. The molecule has 1 aromatic carbocycles. The molecule has 3 aromatic heterocycles. The van der Waals surface area contributed by atoms with Crippen molar-refractivity contribution >= 4 is 17.3 Å². The van der Waals surface area contributed by atoms with Crippen LogP contribution in [0.4, 0.5) is 15.9 Å². The fourth-order valence-corrected chi connectivity index (χ4v) is 2.71. The molecule has 0 atom stereocenters. The Morgan fingerprint density at radius 2 is 1.88 bits per heavy atom. The highest BCUT2D eigenvalue weighted by atomic mass is 19.1. The fourth-order valence-electron chi connectivity index (χ4n) is 2.71. The van der Waals surface area contributed by atoms with Crippen LogP contribution in [0.1, 0.15) is 17.0 Å². The van der Waals surface area contributed by atoms with Crippen LogP contribution in [0.15, 0.2) is 36.8 Å². The van der Waals surface area contributed by atoms with Gasteiger partial charge < -0.3 is 5.32 Å². The van der Waals surface area contributed by atoms with Gasteiger partial charge in [-0.15, -0.1) is 0 Å². The van der Waals surface area contributed by atoms with Crippen LogP contribution in [0.25, 0.3) is 11.5 Å². The Bertz CT molecular complexity index is 1080. The number of halogens is 1. The molecular formula is C17H16FN7. The first-order valence-corrected chi connectivity index (χ1v) is 7.79. The second kappa shape index (κ2) is 5.66. The van der Waals surface area contributed by atoms with E-state index < -0.39 is 0 Å². The second-order valence-corrected chi connectivity index (χ2v) is 5.77. The molecule has 0 saturated carbocycles. The summed E-state index contributed by atoms with van der Waals surface area (Å²) in [5, 5.41) is 11.9. The lowest BCUT2D eigenvalue weighted by Crippen LogP contribution is -2.07. The highest BCUT2D eigenvalue weighted by Crippen LogP contribution is 2.26. The Labute approximate surface area is 143 Å². The Morgan fingerprint density at radius 1 is 1.08 bits per heavy atom. The van der Waals surface area contributed by atoms with E-state index in [1.807, 2.05) is 20.8 Å². The van der Waals surface area contributed by atoms with Crippen molar-refractivity contribution in [2.75, 3.05) is 5.32 Å². The van der Waals surface area contributed by atoms with Crippen LogP contribution in [0.3, 0.4) is 0 Å². The number of anilines is 2. The van der Waals surface area contributed by atoms with Crippen molar-refractivity contribution in [2.45, 2.75) is 20.8 Å². The number of hydrogen-bond donors (Lipinski definition) is 1. The fraction of sp³-hybridized carbons (Fsp3) is 0.176. The standard InChI is InChI=1S/C17H16FN7/c1-10-11(2)22-17-19-9-21-25(17)16(10)23-14-8-20-24(12(14)3)15-7-5-4-6-13(15)18/h4-9,23H,1-3H3. The lowest BCUT2D eigenvalue weighted by molar-refractivity contribution is 0.608. The van der Waals surface area contributed by atoms with Gasteiger partial charge in [-0.25, -0.2) is 14.1 Å². The quantitative estimate of drug-likeness (QED) is 0.622. The van der Waals surface area contributed by atoms with E-state index in [-0.39, 0.29) is 5.82 Å². The zero-order chi connectivity index (χ0) is 17.6. The van der Waals surface area contributed by atoms with E-state index in [1.165, 1.54) is 12.4 Å². The molecular weight excluding hydrogens is 321 g/mol. The van der Waals surface area contributed by atoms with Gasteiger partial charge in [-0.05, 0) is 32.9 Å². The summed E-state index contributed by atoms with van der Waals surface area (Å²) in [5.74, 6) is 0.954. The van der Waals surface area contributed by atoms with Gasteiger partial charge in [-0.3, -0.25) is 0 Å². The van der Waals surface area contributed by atoms with E-state index >= 15 is 0 Å². The third kappa shape index (κ3) is 2.42. The molecule has 126 valence electrons. The third-order valence-corrected chi connectivity index (χ3v) is 4.25. The Hall–Kier alpha value is -3.29. The van der Waals surface area contributed by atoms with Gasteiger partial charge >= 0.3 is 0 Å². The Kier molecular flexibility index (Phi) is 3.45.